The first-order valence-corrected chi connectivity index (χ1v) is 43.5. The first-order chi connectivity index (χ1) is 62.5. The summed E-state index contributed by atoms with van der Waals surface area (Å²) in [5, 5.41) is 29.3. The van der Waals surface area contributed by atoms with Crippen molar-refractivity contribution < 1.29 is 8.83 Å². The van der Waals surface area contributed by atoms with Gasteiger partial charge in [-0.3, -0.25) is 0 Å². The lowest BCUT2D eigenvalue weighted by molar-refractivity contribution is 0.669. The van der Waals surface area contributed by atoms with E-state index in [2.05, 4.69) is 461 Å². The van der Waals surface area contributed by atoms with Crippen molar-refractivity contribution in [2.45, 2.75) is 0 Å². The molecule has 24 aromatic carbocycles. The minimum absolute atomic E-state index is 0.899. The van der Waals surface area contributed by atoms with E-state index in [1.165, 1.54) is 202 Å². The molecule has 0 fully saturated rings. The Balaban J connectivity index is 0.000000137. The van der Waals surface area contributed by atoms with Crippen LogP contribution in [-0.2, 0) is 0 Å². The third-order valence-electron chi connectivity index (χ3n) is 26.5. The number of rotatable bonds is 10. The smallest absolute Gasteiger partial charge is 0.136 e. The summed E-state index contributed by atoms with van der Waals surface area (Å²) in [7, 11) is 0. The van der Waals surface area contributed by atoms with Gasteiger partial charge in [-0.15, -0.1) is 0 Å². The number of benzene rings is 24. The molecule has 2 heterocycles. The highest BCUT2D eigenvalue weighted by Crippen LogP contribution is 2.51. The van der Waals surface area contributed by atoms with Crippen LogP contribution in [0.5, 0.6) is 0 Å². The topological polar surface area (TPSA) is 26.3 Å². The van der Waals surface area contributed by atoms with Crippen LogP contribution in [0.1, 0.15) is 0 Å². The Morgan fingerprint density at radius 2 is 0.341 bits per heavy atom. The molecule has 0 N–H and O–H groups in total. The number of furan rings is 2. The summed E-state index contributed by atoms with van der Waals surface area (Å²) in [5.74, 6) is 0. The van der Waals surface area contributed by atoms with E-state index >= 15 is 0 Å². The summed E-state index contributed by atoms with van der Waals surface area (Å²) in [4.78, 5) is 0. The molecule has 2 aromatic heterocycles. The Labute approximate surface area is 727 Å². The second kappa shape index (κ2) is 29.7. The molecule has 0 aliphatic heterocycles. The van der Waals surface area contributed by atoms with Gasteiger partial charge in [0.15, 0.2) is 0 Å². The molecular formula is C124H76O2. The van der Waals surface area contributed by atoms with Crippen molar-refractivity contribution in [3.05, 3.63) is 461 Å². The summed E-state index contributed by atoms with van der Waals surface area (Å²) < 4.78 is 12.9. The predicted molar refractivity (Wildman–Crippen MR) is 537 cm³/mol. The van der Waals surface area contributed by atoms with Gasteiger partial charge in [-0.25, -0.2) is 0 Å². The molecule has 0 saturated carbocycles. The molecule has 2 heteroatoms. The van der Waals surface area contributed by atoms with Crippen molar-refractivity contribution in [2.75, 3.05) is 0 Å². The molecule has 0 unspecified atom stereocenters. The molecule has 0 amide bonds. The monoisotopic (exact) mass is 1600 g/mol. The zero-order chi connectivity index (χ0) is 82.9. The third kappa shape index (κ3) is 12.1. The highest BCUT2D eigenvalue weighted by molar-refractivity contribution is 6.26. The molecule has 0 saturated heterocycles. The van der Waals surface area contributed by atoms with Gasteiger partial charge in [0, 0.05) is 21.5 Å². The average molecular weight is 1600 g/mol. The molecule has 0 bridgehead atoms. The van der Waals surface area contributed by atoms with Crippen LogP contribution in [0.3, 0.4) is 0 Å². The minimum atomic E-state index is 0.899. The second-order valence-electron chi connectivity index (χ2n) is 33.5. The quantitative estimate of drug-likeness (QED) is 0.128. The highest BCUT2D eigenvalue weighted by atomic mass is 16.3. The van der Waals surface area contributed by atoms with Crippen LogP contribution < -0.4 is 0 Å². The Kier molecular flexibility index (Phi) is 17.0. The van der Waals surface area contributed by atoms with Gasteiger partial charge in [-0.2, -0.15) is 0 Å². The zero-order valence-corrected chi connectivity index (χ0v) is 68.7. The van der Waals surface area contributed by atoms with E-state index in [-0.39, 0.29) is 0 Å². The van der Waals surface area contributed by atoms with Crippen LogP contribution in [0.15, 0.2) is 470 Å². The summed E-state index contributed by atoms with van der Waals surface area (Å²) in [6.07, 6.45) is 0. The molecule has 0 spiro atoms. The van der Waals surface area contributed by atoms with E-state index in [4.69, 9.17) is 8.83 Å². The summed E-state index contributed by atoms with van der Waals surface area (Å²) in [6.45, 7) is 0. The molecule has 0 aliphatic carbocycles. The van der Waals surface area contributed by atoms with Crippen molar-refractivity contribution in [1.29, 1.82) is 0 Å². The lowest BCUT2D eigenvalue weighted by Gasteiger charge is -2.20. The van der Waals surface area contributed by atoms with Crippen LogP contribution in [0.25, 0.3) is 263 Å². The molecule has 2 nitrogen and oxygen atoms in total. The van der Waals surface area contributed by atoms with Gasteiger partial charge in [0.2, 0.25) is 0 Å². The van der Waals surface area contributed by atoms with Crippen molar-refractivity contribution in [3.63, 3.8) is 0 Å². The largest absolute Gasteiger partial charge is 0.456 e. The van der Waals surface area contributed by atoms with Gasteiger partial charge >= 0.3 is 0 Å². The first kappa shape index (κ1) is 72.3. The summed E-state index contributed by atoms with van der Waals surface area (Å²) in [5.41, 5.74) is 27.8. The van der Waals surface area contributed by atoms with Gasteiger partial charge in [0.25, 0.3) is 0 Å². The standard InChI is InChI=1S/2C62H38O/c1-4-22-48-39(13-1)16-11-27-50(48)44-18-9-20-46(35-44)60-53-25-7-8-26-54(53)61(47-21-10-19-45(36-47)51-28-12-17-40-14-2-5-23-49(40)51)56-37-42(29-32-55(56)60)43-31-33-58-57(38-43)62-52-24-6-3-15-41(52)30-34-59(62)63-58;1-4-16-48-39(11-1)14-9-21-50(48)42-23-27-44(28-24-42)60-53-19-7-8-20-54(53)61(45-29-25-43(26-30-45)51-22-10-15-40-12-2-5-17-49(40)51)56-37-46(31-34-55(56)60)47-33-35-58-57(38-47)62-52-18-6-3-13-41(52)32-36-59(62)63-58/h2*1-38H. The lowest BCUT2D eigenvalue weighted by Crippen LogP contribution is -1.93. The van der Waals surface area contributed by atoms with E-state index in [1.54, 1.807) is 0 Å². The van der Waals surface area contributed by atoms with E-state index in [0.717, 1.165) is 60.6 Å². The second-order valence-corrected chi connectivity index (χ2v) is 33.5. The van der Waals surface area contributed by atoms with Crippen LogP contribution in [-0.4, -0.2) is 0 Å². The van der Waals surface area contributed by atoms with Crippen LogP contribution in [0.2, 0.25) is 0 Å². The van der Waals surface area contributed by atoms with E-state index < -0.39 is 0 Å². The zero-order valence-electron chi connectivity index (χ0n) is 68.7. The van der Waals surface area contributed by atoms with Gasteiger partial charge in [-0.05, 0) is 280 Å². The lowest BCUT2D eigenvalue weighted by atomic mass is 9.83. The predicted octanol–water partition coefficient (Wildman–Crippen LogP) is 35.4. The maximum atomic E-state index is 6.45. The normalized spacial score (nSPS) is 11.8. The minimum Gasteiger partial charge on any atom is -0.456 e. The Morgan fingerprint density at radius 1 is 0.111 bits per heavy atom. The average Bonchev–Trinajstić information content (AvgIpc) is 0.821. The third-order valence-corrected chi connectivity index (χ3v) is 26.5. The number of hydrogen-bond donors (Lipinski definition) is 0. The van der Waals surface area contributed by atoms with E-state index in [9.17, 15) is 0 Å². The fraction of sp³-hybridized carbons (Fsp3) is 0. The van der Waals surface area contributed by atoms with Gasteiger partial charge in [0.1, 0.15) is 22.3 Å². The molecule has 26 aromatic rings. The van der Waals surface area contributed by atoms with Crippen molar-refractivity contribution >= 4 is 152 Å². The number of hydrogen-bond acceptors (Lipinski definition) is 2. The summed E-state index contributed by atoms with van der Waals surface area (Å²) in [6, 6.07) is 169. The first-order valence-electron chi connectivity index (χ1n) is 43.5. The summed E-state index contributed by atoms with van der Waals surface area (Å²) >= 11 is 0. The van der Waals surface area contributed by atoms with E-state index in [0.29, 0.717) is 0 Å². The van der Waals surface area contributed by atoms with Gasteiger partial charge in [0.05, 0.1) is 0 Å². The molecule has 0 radical (unpaired) electrons. The van der Waals surface area contributed by atoms with Crippen LogP contribution >= 0.6 is 0 Å². The van der Waals surface area contributed by atoms with Crippen molar-refractivity contribution in [3.8, 4) is 111 Å². The van der Waals surface area contributed by atoms with E-state index in [1.807, 2.05) is 0 Å². The van der Waals surface area contributed by atoms with Gasteiger partial charge < -0.3 is 8.83 Å². The van der Waals surface area contributed by atoms with Gasteiger partial charge in [-0.1, -0.05) is 400 Å². The Hall–Kier alpha value is -16.5. The number of fused-ring (bicyclic) bond motifs is 18. The Morgan fingerprint density at radius 3 is 0.706 bits per heavy atom. The molecule has 0 aliphatic rings. The molecule has 26 rings (SSSR count). The highest BCUT2D eigenvalue weighted by Gasteiger charge is 2.24. The fourth-order valence-electron chi connectivity index (χ4n) is 20.6. The van der Waals surface area contributed by atoms with Crippen molar-refractivity contribution in [2.24, 2.45) is 0 Å². The Bertz CT molecular complexity index is 8940. The molecule has 0 atom stereocenters. The maximum Gasteiger partial charge on any atom is 0.136 e. The van der Waals surface area contributed by atoms with Crippen LogP contribution in [0, 0.1) is 0 Å². The maximum absolute atomic E-state index is 6.45. The molecule has 126 heavy (non-hydrogen) atoms. The van der Waals surface area contributed by atoms with Crippen molar-refractivity contribution in [1.82, 2.24) is 0 Å². The fourth-order valence-corrected chi connectivity index (χ4v) is 20.6. The van der Waals surface area contributed by atoms with Crippen LogP contribution in [0.4, 0.5) is 0 Å². The molecule has 584 valence electrons. The molecular weight excluding hydrogens is 1520 g/mol. The SMILES string of the molecule is c1cc(-c2cccc3ccccc23)cc(-c2c3ccccc3c(-c3cccc(-c4cccc5ccccc45)c3)c3cc(-c4ccc5oc6ccc7ccccc7c6c5c4)ccc23)c1.c1ccc2c(-c3ccc(-c4c5ccccc5c(-c5ccc(-c6cccc7ccccc67)cc5)c5cc(-c6ccc7oc8ccc9ccccc9c8c7c6)ccc45)cc3)cccc2c1.